The molecule has 0 saturated carbocycles. The van der Waals surface area contributed by atoms with Crippen molar-refractivity contribution in [1.82, 2.24) is 5.32 Å². The molecule has 0 fully saturated rings. The summed E-state index contributed by atoms with van der Waals surface area (Å²) in [6, 6.07) is 6.71. The van der Waals surface area contributed by atoms with Crippen LogP contribution in [0.2, 0.25) is 0 Å². The number of carbonyl (C=O) groups is 1. The Kier molecular flexibility index (Phi) is 3.91. The van der Waals surface area contributed by atoms with E-state index in [1.165, 1.54) is 7.11 Å². The molecule has 0 atom stereocenters. The van der Waals surface area contributed by atoms with E-state index in [-0.39, 0.29) is 12.5 Å². The van der Waals surface area contributed by atoms with Crippen LogP contribution in [0.4, 0.5) is 4.39 Å². The molecule has 0 spiro atoms. The van der Waals surface area contributed by atoms with Crippen LogP contribution in [0.15, 0.2) is 24.3 Å². The minimum Gasteiger partial charge on any atom is -0.497 e. The van der Waals surface area contributed by atoms with Crippen LogP contribution in [-0.2, 0) is 0 Å². The highest BCUT2D eigenvalue weighted by Gasteiger charge is 2.04. The summed E-state index contributed by atoms with van der Waals surface area (Å²) in [7, 11) is 1.53. The molecule has 0 bridgehead atoms. The van der Waals surface area contributed by atoms with Crippen molar-refractivity contribution in [2.75, 3.05) is 20.3 Å². The second-order valence-corrected chi connectivity index (χ2v) is 2.68. The van der Waals surface area contributed by atoms with Crippen molar-refractivity contribution in [3.63, 3.8) is 0 Å². The van der Waals surface area contributed by atoms with Crippen LogP contribution >= 0.6 is 0 Å². The molecule has 1 aromatic rings. The summed E-state index contributed by atoms with van der Waals surface area (Å²) in [6.07, 6.45) is 0. The quantitative estimate of drug-likeness (QED) is 0.792. The number of halogens is 1. The molecule has 1 rings (SSSR count). The average Bonchev–Trinajstić information content (AvgIpc) is 2.26. The predicted octanol–water partition coefficient (Wildman–Crippen LogP) is 1.39. The lowest BCUT2D eigenvalue weighted by molar-refractivity contribution is 0.0950. The number of hydrogen-bond donors (Lipinski definition) is 1. The molecule has 0 aliphatic heterocycles. The topological polar surface area (TPSA) is 38.3 Å². The van der Waals surface area contributed by atoms with Gasteiger partial charge in [-0.15, -0.1) is 0 Å². The Morgan fingerprint density at radius 3 is 3.00 bits per heavy atom. The second kappa shape index (κ2) is 5.21. The maximum Gasteiger partial charge on any atom is 0.251 e. The lowest BCUT2D eigenvalue weighted by atomic mass is 10.2. The van der Waals surface area contributed by atoms with Gasteiger partial charge in [-0.2, -0.15) is 0 Å². The fourth-order valence-electron chi connectivity index (χ4n) is 1.03. The third kappa shape index (κ3) is 2.73. The van der Waals surface area contributed by atoms with Crippen molar-refractivity contribution in [3.8, 4) is 5.75 Å². The monoisotopic (exact) mass is 197 g/mol. The summed E-state index contributed by atoms with van der Waals surface area (Å²) < 4.78 is 16.7. The maximum atomic E-state index is 11.8. The van der Waals surface area contributed by atoms with Crippen LogP contribution in [-0.4, -0.2) is 26.2 Å². The van der Waals surface area contributed by atoms with Crippen molar-refractivity contribution >= 4 is 5.91 Å². The SMILES string of the molecule is COc1cccc(C(=O)NCCF)c1. The molecule has 4 heteroatoms. The molecule has 1 N–H and O–H groups in total. The maximum absolute atomic E-state index is 11.8. The van der Waals surface area contributed by atoms with Gasteiger partial charge in [0.1, 0.15) is 12.4 Å². The highest BCUT2D eigenvalue weighted by molar-refractivity contribution is 5.94. The van der Waals surface area contributed by atoms with Gasteiger partial charge in [0, 0.05) is 12.1 Å². The number of amides is 1. The number of carbonyl (C=O) groups excluding carboxylic acids is 1. The second-order valence-electron chi connectivity index (χ2n) is 2.68. The van der Waals surface area contributed by atoms with Gasteiger partial charge in [0.05, 0.1) is 7.11 Å². The van der Waals surface area contributed by atoms with Crippen molar-refractivity contribution in [1.29, 1.82) is 0 Å². The molecule has 3 nitrogen and oxygen atoms in total. The molecule has 0 aliphatic rings. The summed E-state index contributed by atoms with van der Waals surface area (Å²) in [4.78, 5) is 11.3. The molecule has 0 saturated heterocycles. The Hall–Kier alpha value is -1.58. The zero-order chi connectivity index (χ0) is 10.4. The molecule has 0 aliphatic carbocycles. The Morgan fingerprint density at radius 2 is 2.36 bits per heavy atom. The van der Waals surface area contributed by atoms with Crippen LogP contribution in [0.1, 0.15) is 10.4 Å². The number of alkyl halides is 1. The van der Waals surface area contributed by atoms with Crippen LogP contribution in [0.5, 0.6) is 5.75 Å². The summed E-state index contributed by atoms with van der Waals surface area (Å²) in [5, 5.41) is 2.43. The van der Waals surface area contributed by atoms with Crippen molar-refractivity contribution in [2.45, 2.75) is 0 Å². The third-order valence-electron chi connectivity index (χ3n) is 1.71. The van der Waals surface area contributed by atoms with Gasteiger partial charge < -0.3 is 10.1 Å². The average molecular weight is 197 g/mol. The zero-order valence-corrected chi connectivity index (χ0v) is 7.92. The van der Waals surface area contributed by atoms with Crippen molar-refractivity contribution in [3.05, 3.63) is 29.8 Å². The van der Waals surface area contributed by atoms with E-state index in [0.717, 1.165) is 0 Å². The standard InChI is InChI=1S/C10H12FNO2/c1-14-9-4-2-3-8(7-9)10(13)12-6-5-11/h2-4,7H,5-6H2,1H3,(H,12,13). The first-order chi connectivity index (χ1) is 6.77. The van der Waals surface area contributed by atoms with Gasteiger partial charge in [0.25, 0.3) is 5.91 Å². The van der Waals surface area contributed by atoms with Crippen LogP contribution in [0, 0.1) is 0 Å². The third-order valence-corrected chi connectivity index (χ3v) is 1.71. The Morgan fingerprint density at radius 1 is 1.57 bits per heavy atom. The van der Waals surface area contributed by atoms with Crippen molar-refractivity contribution < 1.29 is 13.9 Å². The molecule has 0 heterocycles. The molecule has 0 aromatic heterocycles. The highest BCUT2D eigenvalue weighted by atomic mass is 19.1. The van der Waals surface area contributed by atoms with Gasteiger partial charge in [0.15, 0.2) is 0 Å². The minimum atomic E-state index is -0.560. The van der Waals surface area contributed by atoms with E-state index in [2.05, 4.69) is 5.32 Å². The van der Waals surface area contributed by atoms with Crippen LogP contribution in [0.3, 0.4) is 0 Å². The first kappa shape index (κ1) is 10.5. The predicted molar refractivity (Wildman–Crippen MR) is 51.3 cm³/mol. The summed E-state index contributed by atoms with van der Waals surface area (Å²) in [6.45, 7) is -0.522. The molecule has 0 unspecified atom stereocenters. The zero-order valence-electron chi connectivity index (χ0n) is 7.92. The fraction of sp³-hybridized carbons (Fsp3) is 0.300. The van der Waals surface area contributed by atoms with Gasteiger partial charge in [-0.05, 0) is 18.2 Å². The molecular weight excluding hydrogens is 185 g/mol. The lowest BCUT2D eigenvalue weighted by Crippen LogP contribution is -2.25. The first-order valence-electron chi connectivity index (χ1n) is 4.26. The number of benzene rings is 1. The van der Waals surface area contributed by atoms with Gasteiger partial charge in [0.2, 0.25) is 0 Å². The number of hydrogen-bond acceptors (Lipinski definition) is 2. The summed E-state index contributed by atoms with van der Waals surface area (Å²) in [5.41, 5.74) is 0.470. The largest absolute Gasteiger partial charge is 0.497 e. The Balaban J connectivity index is 2.69. The van der Waals surface area contributed by atoms with E-state index < -0.39 is 6.67 Å². The van der Waals surface area contributed by atoms with Gasteiger partial charge in [-0.3, -0.25) is 4.79 Å². The van der Waals surface area contributed by atoms with Crippen molar-refractivity contribution in [2.24, 2.45) is 0 Å². The lowest BCUT2D eigenvalue weighted by Gasteiger charge is -2.04. The Labute approximate surface area is 81.9 Å². The minimum absolute atomic E-state index is 0.0377. The molecule has 0 radical (unpaired) electrons. The van der Waals surface area contributed by atoms with Gasteiger partial charge >= 0.3 is 0 Å². The number of rotatable bonds is 4. The summed E-state index contributed by atoms with van der Waals surface area (Å²) in [5.74, 6) is 0.319. The number of methoxy groups -OCH3 is 1. The molecule has 14 heavy (non-hydrogen) atoms. The molecule has 1 amide bonds. The van der Waals surface area contributed by atoms with E-state index in [0.29, 0.717) is 11.3 Å². The normalized spacial score (nSPS) is 9.57. The number of nitrogens with one attached hydrogen (secondary N) is 1. The first-order valence-corrected chi connectivity index (χ1v) is 4.26. The van der Waals surface area contributed by atoms with E-state index in [9.17, 15) is 9.18 Å². The Bertz CT molecular complexity index is 315. The van der Waals surface area contributed by atoms with Gasteiger partial charge in [-0.25, -0.2) is 4.39 Å². The van der Waals surface area contributed by atoms with E-state index in [1.807, 2.05) is 0 Å². The highest BCUT2D eigenvalue weighted by Crippen LogP contribution is 2.11. The number of ether oxygens (including phenoxy) is 1. The van der Waals surface area contributed by atoms with Gasteiger partial charge in [-0.1, -0.05) is 6.07 Å². The van der Waals surface area contributed by atoms with E-state index in [1.54, 1.807) is 24.3 Å². The molecule has 76 valence electrons. The van der Waals surface area contributed by atoms with E-state index in [4.69, 9.17) is 4.74 Å². The van der Waals surface area contributed by atoms with E-state index >= 15 is 0 Å². The smallest absolute Gasteiger partial charge is 0.251 e. The fourth-order valence-corrected chi connectivity index (χ4v) is 1.03. The van der Waals surface area contributed by atoms with Crippen LogP contribution in [0.25, 0.3) is 0 Å². The molecular formula is C10H12FNO2. The van der Waals surface area contributed by atoms with Crippen LogP contribution < -0.4 is 10.1 Å². The molecule has 1 aromatic carbocycles. The summed E-state index contributed by atoms with van der Waals surface area (Å²) >= 11 is 0.